The van der Waals surface area contributed by atoms with Gasteiger partial charge in [-0.05, 0) is 79.7 Å². The predicted molar refractivity (Wildman–Crippen MR) is 123 cm³/mol. The minimum absolute atomic E-state index is 0.180. The Hall–Kier alpha value is -3.99. The topological polar surface area (TPSA) is 52.5 Å². The van der Waals surface area contributed by atoms with Gasteiger partial charge in [0.2, 0.25) is 0 Å². The van der Waals surface area contributed by atoms with E-state index in [4.69, 9.17) is 9.47 Å². The number of carbonyl (C=O) groups excluding carboxylic acids is 1. The molecule has 1 amide bonds. The summed E-state index contributed by atoms with van der Waals surface area (Å²) in [5.41, 5.74) is 8.43. The second-order valence-corrected chi connectivity index (χ2v) is 7.20. The number of aryl methyl sites for hydroxylation is 1. The lowest BCUT2D eigenvalue weighted by Crippen LogP contribution is -2.24. The fourth-order valence-corrected chi connectivity index (χ4v) is 3.40. The maximum Gasteiger partial charge on any atom is 0.270 e. The predicted octanol–water partition coefficient (Wildman–Crippen LogP) is 5.53. The van der Waals surface area contributed by atoms with Gasteiger partial charge in [0.15, 0.2) is 0 Å². The minimum atomic E-state index is -0.180. The first-order valence-corrected chi connectivity index (χ1v) is 9.97. The molecular formula is C26H24N2O3. The Kier molecular flexibility index (Phi) is 5.76. The molecule has 1 N–H and O–H groups in total. The first-order chi connectivity index (χ1) is 15.1. The molecular weight excluding hydrogens is 388 g/mol. The highest BCUT2D eigenvalue weighted by Gasteiger charge is 2.15. The standard InChI is InChI=1S/C26H24N2O3/c1-18-4-6-21(7-5-18)26(29)27-28-24(19-8-12-22(30-2)13-9-19)16-17-25(28)20-10-14-23(31-3)15-11-20/h4-17H,1-3H3,(H,27,29). The largest absolute Gasteiger partial charge is 0.497 e. The van der Waals surface area contributed by atoms with Crippen LogP contribution in [0.15, 0.2) is 84.9 Å². The number of benzene rings is 3. The van der Waals surface area contributed by atoms with Gasteiger partial charge >= 0.3 is 0 Å². The van der Waals surface area contributed by atoms with Gasteiger partial charge in [-0.1, -0.05) is 17.7 Å². The Balaban J connectivity index is 1.76. The molecule has 5 nitrogen and oxygen atoms in total. The minimum Gasteiger partial charge on any atom is -0.497 e. The van der Waals surface area contributed by atoms with Gasteiger partial charge in [0, 0.05) is 16.7 Å². The number of methoxy groups -OCH3 is 2. The molecule has 1 aromatic heterocycles. The van der Waals surface area contributed by atoms with Crippen molar-refractivity contribution in [2.75, 3.05) is 19.6 Å². The van der Waals surface area contributed by atoms with Crippen molar-refractivity contribution in [1.29, 1.82) is 0 Å². The number of rotatable bonds is 6. The molecule has 4 rings (SSSR count). The van der Waals surface area contributed by atoms with Crippen LogP contribution in [0, 0.1) is 6.92 Å². The van der Waals surface area contributed by atoms with Crippen molar-refractivity contribution in [2.24, 2.45) is 0 Å². The lowest BCUT2D eigenvalue weighted by atomic mass is 10.1. The number of nitrogens with one attached hydrogen (secondary N) is 1. The van der Waals surface area contributed by atoms with E-state index in [1.54, 1.807) is 14.2 Å². The summed E-state index contributed by atoms with van der Waals surface area (Å²) in [5.74, 6) is 1.38. The lowest BCUT2D eigenvalue weighted by molar-refractivity contribution is 0.101. The molecule has 0 atom stereocenters. The number of amides is 1. The van der Waals surface area contributed by atoms with Gasteiger partial charge in [-0.15, -0.1) is 0 Å². The summed E-state index contributed by atoms with van der Waals surface area (Å²) in [6.07, 6.45) is 0. The Labute approximate surface area is 181 Å². The van der Waals surface area contributed by atoms with Crippen molar-refractivity contribution in [3.8, 4) is 34.0 Å². The highest BCUT2D eigenvalue weighted by Crippen LogP contribution is 2.30. The average Bonchev–Trinajstić information content (AvgIpc) is 3.23. The second kappa shape index (κ2) is 8.79. The summed E-state index contributed by atoms with van der Waals surface area (Å²) in [6, 6.07) is 27.0. The van der Waals surface area contributed by atoms with Crippen LogP contribution in [0.2, 0.25) is 0 Å². The average molecular weight is 412 g/mol. The van der Waals surface area contributed by atoms with E-state index in [9.17, 15) is 4.79 Å². The van der Waals surface area contributed by atoms with Crippen LogP contribution in [-0.4, -0.2) is 24.8 Å². The van der Waals surface area contributed by atoms with E-state index in [1.807, 2.05) is 96.5 Å². The molecule has 0 bridgehead atoms. The first kappa shape index (κ1) is 20.3. The first-order valence-electron chi connectivity index (χ1n) is 9.97. The van der Waals surface area contributed by atoms with Crippen molar-refractivity contribution in [1.82, 2.24) is 4.68 Å². The quantitative estimate of drug-likeness (QED) is 0.453. The van der Waals surface area contributed by atoms with Gasteiger partial charge in [-0.3, -0.25) is 14.9 Å². The van der Waals surface area contributed by atoms with Crippen molar-refractivity contribution >= 4 is 5.91 Å². The zero-order valence-corrected chi connectivity index (χ0v) is 17.8. The zero-order chi connectivity index (χ0) is 21.8. The van der Waals surface area contributed by atoms with E-state index in [0.717, 1.165) is 39.6 Å². The third-order valence-corrected chi connectivity index (χ3v) is 5.18. The molecule has 0 aliphatic carbocycles. The smallest absolute Gasteiger partial charge is 0.270 e. The molecule has 5 heteroatoms. The number of ether oxygens (including phenoxy) is 2. The van der Waals surface area contributed by atoms with Crippen LogP contribution in [0.4, 0.5) is 0 Å². The van der Waals surface area contributed by atoms with E-state index in [2.05, 4.69) is 5.43 Å². The normalized spacial score (nSPS) is 10.5. The van der Waals surface area contributed by atoms with Crippen molar-refractivity contribution < 1.29 is 14.3 Å². The summed E-state index contributed by atoms with van der Waals surface area (Å²) in [6.45, 7) is 2.00. The molecule has 3 aromatic carbocycles. The van der Waals surface area contributed by atoms with E-state index < -0.39 is 0 Å². The Morgan fingerprint density at radius 1 is 0.677 bits per heavy atom. The number of aromatic nitrogens is 1. The molecule has 0 fully saturated rings. The maximum atomic E-state index is 13.0. The van der Waals surface area contributed by atoms with Crippen LogP contribution in [0.3, 0.4) is 0 Å². The third kappa shape index (κ3) is 4.31. The van der Waals surface area contributed by atoms with Gasteiger partial charge in [-0.25, -0.2) is 0 Å². The fraction of sp³-hybridized carbons (Fsp3) is 0.115. The molecule has 1 heterocycles. The van der Waals surface area contributed by atoms with Gasteiger partial charge in [-0.2, -0.15) is 0 Å². The van der Waals surface area contributed by atoms with E-state index in [1.165, 1.54) is 0 Å². The fourth-order valence-electron chi connectivity index (χ4n) is 3.40. The summed E-state index contributed by atoms with van der Waals surface area (Å²) in [4.78, 5) is 13.0. The number of hydrogen-bond donors (Lipinski definition) is 1. The SMILES string of the molecule is COc1ccc(-c2ccc(-c3ccc(OC)cc3)n2NC(=O)c2ccc(C)cc2)cc1. The van der Waals surface area contributed by atoms with E-state index >= 15 is 0 Å². The molecule has 31 heavy (non-hydrogen) atoms. The Bertz CT molecular complexity index is 1110. The van der Waals surface area contributed by atoms with Crippen LogP contribution in [0.25, 0.3) is 22.5 Å². The van der Waals surface area contributed by atoms with Gasteiger partial charge in [0.1, 0.15) is 11.5 Å². The van der Waals surface area contributed by atoms with Crippen LogP contribution in [-0.2, 0) is 0 Å². The van der Waals surface area contributed by atoms with Gasteiger partial charge < -0.3 is 9.47 Å². The second-order valence-electron chi connectivity index (χ2n) is 7.20. The van der Waals surface area contributed by atoms with Crippen molar-refractivity contribution in [2.45, 2.75) is 6.92 Å². The summed E-state index contributed by atoms with van der Waals surface area (Å²) in [7, 11) is 3.28. The molecule has 0 saturated heterocycles. The lowest BCUT2D eigenvalue weighted by Gasteiger charge is -2.16. The molecule has 0 aliphatic heterocycles. The summed E-state index contributed by atoms with van der Waals surface area (Å²) < 4.78 is 12.4. The number of hydrogen-bond acceptors (Lipinski definition) is 3. The van der Waals surface area contributed by atoms with Crippen LogP contribution in [0.1, 0.15) is 15.9 Å². The maximum absolute atomic E-state index is 13.0. The van der Waals surface area contributed by atoms with Crippen LogP contribution in [0.5, 0.6) is 11.5 Å². The van der Waals surface area contributed by atoms with Crippen LogP contribution >= 0.6 is 0 Å². The van der Waals surface area contributed by atoms with E-state index in [-0.39, 0.29) is 5.91 Å². The molecule has 156 valence electrons. The van der Waals surface area contributed by atoms with Gasteiger partial charge in [0.05, 0.1) is 25.6 Å². The number of carbonyl (C=O) groups is 1. The molecule has 0 unspecified atom stereocenters. The number of nitrogens with zero attached hydrogens (tertiary/aromatic N) is 1. The molecule has 0 saturated carbocycles. The van der Waals surface area contributed by atoms with Crippen molar-refractivity contribution in [3.05, 3.63) is 96.1 Å². The molecule has 0 aliphatic rings. The highest BCUT2D eigenvalue weighted by atomic mass is 16.5. The Morgan fingerprint density at radius 3 is 1.55 bits per heavy atom. The highest BCUT2D eigenvalue weighted by molar-refractivity contribution is 6.00. The monoisotopic (exact) mass is 412 g/mol. The molecule has 0 radical (unpaired) electrons. The molecule has 0 spiro atoms. The van der Waals surface area contributed by atoms with Crippen LogP contribution < -0.4 is 14.9 Å². The Morgan fingerprint density at radius 2 is 1.13 bits per heavy atom. The molecule has 4 aromatic rings. The summed E-state index contributed by atoms with van der Waals surface area (Å²) in [5, 5.41) is 0. The zero-order valence-electron chi connectivity index (χ0n) is 17.8. The third-order valence-electron chi connectivity index (χ3n) is 5.18. The van der Waals surface area contributed by atoms with Gasteiger partial charge in [0.25, 0.3) is 5.91 Å². The van der Waals surface area contributed by atoms with Crippen molar-refractivity contribution in [3.63, 3.8) is 0 Å². The summed E-state index contributed by atoms with van der Waals surface area (Å²) >= 11 is 0. The van der Waals surface area contributed by atoms with E-state index in [0.29, 0.717) is 5.56 Å².